The number of carbonyl (C=O) groups excluding carboxylic acids is 1. The molecule has 0 atom stereocenters. The molecule has 0 bridgehead atoms. The summed E-state index contributed by atoms with van der Waals surface area (Å²) >= 11 is 0. The summed E-state index contributed by atoms with van der Waals surface area (Å²) in [5, 5.41) is 11.9. The van der Waals surface area contributed by atoms with Crippen LogP contribution >= 0.6 is 7.60 Å². The van der Waals surface area contributed by atoms with E-state index >= 15 is 0 Å². The third-order valence-electron chi connectivity index (χ3n) is 6.11. The Labute approximate surface area is 294 Å². The molecule has 0 aliphatic carbocycles. The van der Waals surface area contributed by atoms with E-state index in [2.05, 4.69) is 20.8 Å². The van der Waals surface area contributed by atoms with Crippen molar-refractivity contribution < 1.29 is 56.3 Å². The average molecular weight is 732 g/mol. The van der Waals surface area contributed by atoms with Crippen molar-refractivity contribution >= 4 is 19.7 Å². The summed E-state index contributed by atoms with van der Waals surface area (Å²) in [6.07, 6.45) is 3.44. The van der Waals surface area contributed by atoms with Crippen LogP contribution < -0.4 is 5.43 Å². The highest BCUT2D eigenvalue weighted by molar-refractivity contribution is 7.53. The minimum atomic E-state index is -3.06. The number of amides is 1. The van der Waals surface area contributed by atoms with Crippen molar-refractivity contribution in [2.45, 2.75) is 27.0 Å². The summed E-state index contributed by atoms with van der Waals surface area (Å²) in [7, 11) is -3.06. The molecule has 1 heterocycles. The highest BCUT2D eigenvalue weighted by Gasteiger charge is 2.22. The van der Waals surface area contributed by atoms with Gasteiger partial charge in [0, 0.05) is 0 Å². The minimum Gasteiger partial charge on any atom is -0.378 e. The molecule has 17 nitrogen and oxygen atoms in total. The number of benzene rings is 1. The largest absolute Gasteiger partial charge is 0.378 e. The van der Waals surface area contributed by atoms with Crippen LogP contribution in [0.15, 0.2) is 41.6 Å². The lowest BCUT2D eigenvalue weighted by molar-refractivity contribution is -0.121. The zero-order valence-corrected chi connectivity index (χ0v) is 30.2. The Kier molecular flexibility index (Phi) is 26.1. The summed E-state index contributed by atoms with van der Waals surface area (Å²) in [6, 6.07) is 9.46. The zero-order valence-electron chi connectivity index (χ0n) is 29.3. The van der Waals surface area contributed by atoms with Crippen LogP contribution in [0.4, 0.5) is 0 Å². The van der Waals surface area contributed by atoms with Gasteiger partial charge in [-0.05, 0) is 19.4 Å². The van der Waals surface area contributed by atoms with Gasteiger partial charge >= 0.3 is 7.60 Å². The van der Waals surface area contributed by atoms with Crippen molar-refractivity contribution in [3.63, 3.8) is 0 Å². The van der Waals surface area contributed by atoms with Crippen molar-refractivity contribution in [1.82, 2.24) is 20.4 Å². The Morgan fingerprint density at radius 1 is 0.720 bits per heavy atom. The van der Waals surface area contributed by atoms with Gasteiger partial charge in [-0.15, -0.1) is 5.10 Å². The molecule has 0 aliphatic rings. The van der Waals surface area contributed by atoms with E-state index in [-0.39, 0.29) is 31.8 Å². The van der Waals surface area contributed by atoms with Crippen molar-refractivity contribution in [3.05, 3.63) is 47.8 Å². The minimum absolute atomic E-state index is 0.00584. The molecule has 2 aromatic rings. The molecule has 0 aliphatic heterocycles. The number of hydrazone groups is 1. The fourth-order valence-corrected chi connectivity index (χ4v) is 5.31. The maximum absolute atomic E-state index is 12.3. The summed E-state index contributed by atoms with van der Waals surface area (Å²) in [5.74, 6) is -0.313. The summed E-state index contributed by atoms with van der Waals surface area (Å²) in [4.78, 5) is 12.0. The number of aromatic nitrogens is 3. The second-order valence-electron chi connectivity index (χ2n) is 10.1. The van der Waals surface area contributed by atoms with Gasteiger partial charge in [0.15, 0.2) is 0 Å². The van der Waals surface area contributed by atoms with E-state index in [1.54, 1.807) is 26.3 Å². The highest BCUT2D eigenvalue weighted by atomic mass is 31.2. The predicted octanol–water partition coefficient (Wildman–Crippen LogP) is 2.33. The second kappa shape index (κ2) is 30.0. The summed E-state index contributed by atoms with van der Waals surface area (Å²) in [5.41, 5.74) is 3.95. The van der Waals surface area contributed by atoms with E-state index in [4.69, 9.17) is 46.9 Å². The molecule has 1 aromatic heterocycles. The van der Waals surface area contributed by atoms with Gasteiger partial charge < -0.3 is 46.9 Å². The molecule has 18 heteroatoms. The quantitative estimate of drug-likeness (QED) is 0.0479. The Morgan fingerprint density at radius 3 is 1.66 bits per heavy atom. The normalized spacial score (nSPS) is 11.9. The van der Waals surface area contributed by atoms with Gasteiger partial charge in [-0.2, -0.15) is 5.10 Å². The van der Waals surface area contributed by atoms with Gasteiger partial charge in [0.2, 0.25) is 0 Å². The number of carbonyl (C=O) groups is 1. The first kappa shape index (κ1) is 43.5. The molecule has 284 valence electrons. The summed E-state index contributed by atoms with van der Waals surface area (Å²) in [6.45, 7) is 11.0. The van der Waals surface area contributed by atoms with E-state index in [0.717, 1.165) is 5.56 Å². The topological polar surface area (TPSA) is 182 Å². The Balaban J connectivity index is 1.26. The smallest absolute Gasteiger partial charge is 0.332 e. The highest BCUT2D eigenvalue weighted by Crippen LogP contribution is 2.47. The number of hydrogen-bond donors (Lipinski definition) is 1. The van der Waals surface area contributed by atoms with Crippen LogP contribution in [0.25, 0.3) is 0 Å². The number of hydrogen-bond acceptors (Lipinski definition) is 15. The van der Waals surface area contributed by atoms with Gasteiger partial charge in [-0.1, -0.05) is 35.5 Å². The van der Waals surface area contributed by atoms with Crippen LogP contribution in [-0.2, 0) is 69.5 Å². The van der Waals surface area contributed by atoms with E-state index in [0.29, 0.717) is 111 Å². The van der Waals surface area contributed by atoms with Gasteiger partial charge in [-0.3, -0.25) is 9.36 Å². The number of ether oxygens (including phenoxy) is 8. The predicted molar refractivity (Wildman–Crippen MR) is 183 cm³/mol. The SMILES string of the molecule is CCOP(=O)(CCOCCOCCOCCOCCOCCOCCOCCOCc1cn(CC(=O)N/N=C/c2ccccc2)nn1)OCC. The van der Waals surface area contributed by atoms with Crippen LogP contribution in [0.1, 0.15) is 25.1 Å². The van der Waals surface area contributed by atoms with Crippen LogP contribution in [0.5, 0.6) is 0 Å². The van der Waals surface area contributed by atoms with Gasteiger partial charge in [0.1, 0.15) is 12.2 Å². The first-order chi connectivity index (χ1) is 24.5. The molecule has 0 saturated carbocycles. The number of nitrogens with zero attached hydrogens (tertiary/aromatic N) is 4. The van der Waals surface area contributed by atoms with Crippen LogP contribution in [0.3, 0.4) is 0 Å². The van der Waals surface area contributed by atoms with Crippen LogP contribution in [0, 0.1) is 0 Å². The van der Waals surface area contributed by atoms with Crippen LogP contribution in [0.2, 0.25) is 0 Å². The molecule has 1 N–H and O–H groups in total. The average Bonchev–Trinajstić information content (AvgIpc) is 3.55. The third kappa shape index (κ3) is 23.7. The molecular weight excluding hydrogens is 677 g/mol. The van der Waals surface area contributed by atoms with Gasteiger partial charge in [0.05, 0.1) is 137 Å². The summed E-state index contributed by atoms with van der Waals surface area (Å²) < 4.78 is 68.0. The van der Waals surface area contributed by atoms with E-state index in [9.17, 15) is 9.36 Å². The maximum atomic E-state index is 12.3. The van der Waals surface area contributed by atoms with Gasteiger partial charge in [-0.25, -0.2) is 10.1 Å². The Bertz CT molecular complexity index is 1170. The molecule has 2 rings (SSSR count). The molecule has 50 heavy (non-hydrogen) atoms. The van der Waals surface area contributed by atoms with E-state index in [1.165, 1.54) is 4.68 Å². The first-order valence-corrected chi connectivity index (χ1v) is 18.5. The van der Waals surface area contributed by atoms with Gasteiger partial charge in [0.25, 0.3) is 5.91 Å². The molecule has 0 radical (unpaired) electrons. The third-order valence-corrected chi connectivity index (χ3v) is 8.14. The fourth-order valence-electron chi connectivity index (χ4n) is 3.83. The lowest BCUT2D eigenvalue weighted by Gasteiger charge is -2.16. The molecule has 0 spiro atoms. The lowest BCUT2D eigenvalue weighted by atomic mass is 10.2. The Morgan fingerprint density at radius 2 is 1.18 bits per heavy atom. The Hall–Kier alpha value is -2.67. The molecule has 0 unspecified atom stereocenters. The molecular formula is C32H54N5O12P. The fraction of sp³-hybridized carbons (Fsp3) is 0.688. The zero-order chi connectivity index (χ0) is 35.8. The first-order valence-electron chi connectivity index (χ1n) is 16.8. The number of nitrogens with one attached hydrogen (secondary N) is 1. The van der Waals surface area contributed by atoms with Crippen molar-refractivity contribution in [3.8, 4) is 0 Å². The molecule has 1 amide bonds. The maximum Gasteiger partial charge on any atom is 0.332 e. The van der Waals surface area contributed by atoms with Crippen molar-refractivity contribution in [2.75, 3.05) is 118 Å². The van der Waals surface area contributed by atoms with Crippen LogP contribution in [-0.4, -0.2) is 146 Å². The number of rotatable bonds is 34. The standard InChI is InChI=1S/C32H54N5O12P/c1-3-48-50(39,49-4-2)25-24-46-21-20-44-17-16-42-13-12-40-10-11-41-14-15-43-18-19-45-22-23-47-29-31-27-37(36-34-31)28-32(38)35-33-26-30-8-6-5-7-9-30/h5-9,26-27H,3-4,10-25,28-29H2,1-2H3,(H,35,38)/b33-26+. The monoisotopic (exact) mass is 731 g/mol. The van der Waals surface area contributed by atoms with Crippen molar-refractivity contribution in [2.24, 2.45) is 5.10 Å². The molecule has 0 saturated heterocycles. The lowest BCUT2D eigenvalue weighted by Crippen LogP contribution is -2.23. The van der Waals surface area contributed by atoms with E-state index < -0.39 is 7.60 Å². The molecule has 0 fully saturated rings. The van der Waals surface area contributed by atoms with Crippen molar-refractivity contribution in [1.29, 1.82) is 0 Å². The van der Waals surface area contributed by atoms with E-state index in [1.807, 2.05) is 30.3 Å². The molecule has 1 aromatic carbocycles. The second-order valence-corrected chi connectivity index (χ2v) is 12.3.